The molecule has 1 aromatic rings. The van der Waals surface area contributed by atoms with Crippen molar-refractivity contribution in [2.75, 3.05) is 0 Å². The molecule has 0 unspecified atom stereocenters. The largest absolute Gasteiger partial charge is 0.292 e. The van der Waals surface area contributed by atoms with Crippen LogP contribution in [0.1, 0.15) is 35.5 Å². The topological polar surface area (TPSA) is 30.0 Å². The van der Waals surface area contributed by atoms with Crippen molar-refractivity contribution >= 4 is 17.1 Å². The molecule has 1 heterocycles. The third-order valence-electron chi connectivity index (χ3n) is 0.922. The van der Waals surface area contributed by atoms with E-state index in [1.165, 1.54) is 18.3 Å². The van der Waals surface area contributed by atoms with Crippen LogP contribution in [0.3, 0.4) is 0 Å². The molecule has 11 heavy (non-hydrogen) atoms. The van der Waals surface area contributed by atoms with E-state index in [1.807, 2.05) is 20.8 Å². The Kier molecular flexibility index (Phi) is 4.70. The molecular weight excluding hydrogens is 158 g/mol. The van der Waals surface area contributed by atoms with Crippen LogP contribution >= 0.6 is 11.3 Å². The zero-order chi connectivity index (χ0) is 8.85. The SMILES string of the molecule is CC.CC(=O)c1ncc(C)s1. The van der Waals surface area contributed by atoms with E-state index < -0.39 is 0 Å². The average Bonchev–Trinajstić information content (AvgIpc) is 2.40. The summed E-state index contributed by atoms with van der Waals surface area (Å²) in [6.07, 6.45) is 1.71. The van der Waals surface area contributed by atoms with Gasteiger partial charge in [0, 0.05) is 18.0 Å². The maximum Gasteiger partial charge on any atom is 0.188 e. The molecule has 0 aliphatic rings. The Morgan fingerprint density at radius 3 is 2.27 bits per heavy atom. The van der Waals surface area contributed by atoms with Gasteiger partial charge in [-0.1, -0.05) is 13.8 Å². The molecule has 0 spiro atoms. The summed E-state index contributed by atoms with van der Waals surface area (Å²) in [5, 5.41) is 0.604. The predicted molar refractivity (Wildman–Crippen MR) is 48.2 cm³/mol. The van der Waals surface area contributed by atoms with E-state index in [-0.39, 0.29) is 5.78 Å². The molecule has 2 nitrogen and oxygen atoms in total. The van der Waals surface area contributed by atoms with Crippen molar-refractivity contribution in [3.8, 4) is 0 Å². The van der Waals surface area contributed by atoms with Crippen LogP contribution in [0.15, 0.2) is 6.20 Å². The highest BCUT2D eigenvalue weighted by Gasteiger charge is 2.01. The molecule has 0 radical (unpaired) electrons. The van der Waals surface area contributed by atoms with Crippen LogP contribution in [0.25, 0.3) is 0 Å². The maximum absolute atomic E-state index is 10.6. The summed E-state index contributed by atoms with van der Waals surface area (Å²) in [4.78, 5) is 15.6. The number of Topliss-reactive ketones (excluding diaryl/α,β-unsaturated/α-hetero) is 1. The fraction of sp³-hybridized carbons (Fsp3) is 0.500. The van der Waals surface area contributed by atoms with Crippen LogP contribution in [-0.2, 0) is 0 Å². The van der Waals surface area contributed by atoms with Gasteiger partial charge in [-0.2, -0.15) is 0 Å². The van der Waals surface area contributed by atoms with Gasteiger partial charge in [0.2, 0.25) is 0 Å². The first kappa shape index (κ1) is 10.3. The highest BCUT2D eigenvalue weighted by Crippen LogP contribution is 2.10. The van der Waals surface area contributed by atoms with Crippen molar-refractivity contribution in [2.45, 2.75) is 27.7 Å². The smallest absolute Gasteiger partial charge is 0.188 e. The third kappa shape index (κ3) is 3.28. The summed E-state index contributed by atoms with van der Waals surface area (Å²) in [7, 11) is 0. The molecule has 0 amide bonds. The van der Waals surface area contributed by atoms with E-state index in [0.29, 0.717) is 5.01 Å². The molecule has 1 aromatic heterocycles. The summed E-state index contributed by atoms with van der Waals surface area (Å²) >= 11 is 1.44. The number of aromatic nitrogens is 1. The molecule has 62 valence electrons. The zero-order valence-electron chi connectivity index (χ0n) is 7.34. The van der Waals surface area contributed by atoms with E-state index >= 15 is 0 Å². The summed E-state index contributed by atoms with van der Waals surface area (Å²) in [6.45, 7) is 7.46. The van der Waals surface area contributed by atoms with Crippen molar-refractivity contribution in [1.82, 2.24) is 4.98 Å². The van der Waals surface area contributed by atoms with Crippen molar-refractivity contribution in [1.29, 1.82) is 0 Å². The molecular formula is C8H13NOS. The number of carbonyl (C=O) groups excluding carboxylic acids is 1. The van der Waals surface area contributed by atoms with Gasteiger partial charge in [0.1, 0.15) is 0 Å². The maximum atomic E-state index is 10.6. The lowest BCUT2D eigenvalue weighted by atomic mass is 10.5. The second kappa shape index (κ2) is 5.02. The quantitative estimate of drug-likeness (QED) is 0.608. The number of nitrogens with zero attached hydrogens (tertiary/aromatic N) is 1. The van der Waals surface area contributed by atoms with Gasteiger partial charge in [-0.3, -0.25) is 4.79 Å². The Morgan fingerprint density at radius 2 is 2.09 bits per heavy atom. The molecule has 1 rings (SSSR count). The molecule has 0 saturated heterocycles. The molecule has 0 atom stereocenters. The molecule has 0 fully saturated rings. The number of carbonyl (C=O) groups is 1. The summed E-state index contributed by atoms with van der Waals surface area (Å²) in [5.41, 5.74) is 0. The van der Waals surface area contributed by atoms with Gasteiger partial charge in [0.05, 0.1) is 0 Å². The first-order valence-electron chi connectivity index (χ1n) is 3.63. The van der Waals surface area contributed by atoms with Crippen molar-refractivity contribution in [3.05, 3.63) is 16.1 Å². The normalized spacial score (nSPS) is 8.36. The van der Waals surface area contributed by atoms with E-state index in [2.05, 4.69) is 4.98 Å². The first-order valence-corrected chi connectivity index (χ1v) is 4.45. The lowest BCUT2D eigenvalue weighted by molar-refractivity contribution is 0.101. The number of hydrogen-bond donors (Lipinski definition) is 0. The number of aryl methyl sites for hydroxylation is 1. The summed E-state index contributed by atoms with van der Waals surface area (Å²) in [6, 6.07) is 0. The number of thiazole rings is 1. The highest BCUT2D eigenvalue weighted by molar-refractivity contribution is 7.13. The fourth-order valence-corrected chi connectivity index (χ4v) is 1.18. The third-order valence-corrected chi connectivity index (χ3v) is 1.94. The minimum Gasteiger partial charge on any atom is -0.292 e. The zero-order valence-corrected chi connectivity index (χ0v) is 8.16. The highest BCUT2D eigenvalue weighted by atomic mass is 32.1. The summed E-state index contributed by atoms with van der Waals surface area (Å²) in [5.74, 6) is 0.0492. The van der Waals surface area contributed by atoms with Crippen LogP contribution in [0.2, 0.25) is 0 Å². The van der Waals surface area contributed by atoms with E-state index in [1.54, 1.807) is 6.20 Å². The van der Waals surface area contributed by atoms with E-state index in [0.717, 1.165) is 4.88 Å². The van der Waals surface area contributed by atoms with Gasteiger partial charge in [-0.05, 0) is 6.92 Å². The van der Waals surface area contributed by atoms with Crippen LogP contribution in [0, 0.1) is 6.92 Å². The van der Waals surface area contributed by atoms with Gasteiger partial charge in [0.25, 0.3) is 0 Å². The Bertz CT molecular complexity index is 230. The minimum absolute atomic E-state index is 0.0492. The lowest BCUT2D eigenvalue weighted by Crippen LogP contribution is -1.87. The van der Waals surface area contributed by atoms with Crippen LogP contribution < -0.4 is 0 Å². The fourth-order valence-electron chi connectivity index (χ4n) is 0.517. The number of rotatable bonds is 1. The Hall–Kier alpha value is -0.700. The van der Waals surface area contributed by atoms with Gasteiger partial charge in [0.15, 0.2) is 10.8 Å². The minimum atomic E-state index is 0.0492. The molecule has 0 aromatic carbocycles. The molecule has 0 N–H and O–H groups in total. The molecule has 0 aliphatic carbocycles. The van der Waals surface area contributed by atoms with E-state index in [9.17, 15) is 4.79 Å². The van der Waals surface area contributed by atoms with Crippen molar-refractivity contribution in [3.63, 3.8) is 0 Å². The molecule has 0 bridgehead atoms. The second-order valence-corrected chi connectivity index (χ2v) is 3.07. The van der Waals surface area contributed by atoms with Gasteiger partial charge in [-0.25, -0.2) is 4.98 Å². The van der Waals surface area contributed by atoms with Gasteiger partial charge < -0.3 is 0 Å². The van der Waals surface area contributed by atoms with Crippen molar-refractivity contribution in [2.24, 2.45) is 0 Å². The lowest BCUT2D eigenvalue weighted by Gasteiger charge is -1.79. The van der Waals surface area contributed by atoms with Crippen LogP contribution in [0.4, 0.5) is 0 Å². The van der Waals surface area contributed by atoms with Crippen LogP contribution in [0.5, 0.6) is 0 Å². The Balaban J connectivity index is 0.000000461. The molecule has 3 heteroatoms. The average molecular weight is 171 g/mol. The van der Waals surface area contributed by atoms with Gasteiger partial charge in [-0.15, -0.1) is 11.3 Å². The molecule has 0 aliphatic heterocycles. The first-order chi connectivity index (χ1) is 5.20. The standard InChI is InChI=1S/C6H7NOS.C2H6/c1-4-3-7-6(9-4)5(2)8;1-2/h3H,1-2H3;1-2H3. The van der Waals surface area contributed by atoms with Crippen LogP contribution in [-0.4, -0.2) is 10.8 Å². The van der Waals surface area contributed by atoms with Gasteiger partial charge >= 0.3 is 0 Å². The number of hydrogen-bond acceptors (Lipinski definition) is 3. The Morgan fingerprint density at radius 1 is 1.55 bits per heavy atom. The van der Waals surface area contributed by atoms with Crippen molar-refractivity contribution < 1.29 is 4.79 Å². The molecule has 0 saturated carbocycles. The number of ketones is 1. The van der Waals surface area contributed by atoms with E-state index in [4.69, 9.17) is 0 Å². The summed E-state index contributed by atoms with van der Waals surface area (Å²) < 4.78 is 0. The monoisotopic (exact) mass is 171 g/mol. The second-order valence-electron chi connectivity index (χ2n) is 1.83. The predicted octanol–water partition coefficient (Wildman–Crippen LogP) is 2.68. The Labute approximate surface area is 71.3 Å².